The molecule has 5 nitrogen and oxygen atoms in total. The van der Waals surface area contributed by atoms with E-state index in [4.69, 9.17) is 0 Å². The Labute approximate surface area is 118 Å². The van der Waals surface area contributed by atoms with E-state index in [9.17, 15) is 23.1 Å². The molecule has 1 rings (SSSR count). The molecule has 0 aliphatic carbocycles. The van der Waals surface area contributed by atoms with Gasteiger partial charge < -0.3 is 9.84 Å². The van der Waals surface area contributed by atoms with Gasteiger partial charge in [0.15, 0.2) is 17.3 Å². The summed E-state index contributed by atoms with van der Waals surface area (Å²) < 4.78 is 43.1. The molecule has 0 bridgehead atoms. The number of hydrogen-bond acceptors (Lipinski definition) is 5. The summed E-state index contributed by atoms with van der Waals surface area (Å²) in [5.41, 5.74) is -0.614. The first-order valence-electron chi connectivity index (χ1n) is 5.79. The maximum atomic E-state index is 13.6. The Balaban J connectivity index is 3.01. The Morgan fingerprint density at radius 1 is 1.33 bits per heavy atom. The van der Waals surface area contributed by atoms with E-state index in [1.54, 1.807) is 0 Å². The van der Waals surface area contributed by atoms with Crippen LogP contribution in [0.4, 0.5) is 18.9 Å². The molecule has 0 aliphatic rings. The second-order valence-electron chi connectivity index (χ2n) is 4.21. The van der Waals surface area contributed by atoms with Crippen LogP contribution >= 0.6 is 0 Å². The molecule has 0 unspecified atom stereocenters. The van der Waals surface area contributed by atoms with Crippen molar-refractivity contribution < 1.29 is 27.8 Å². The zero-order chi connectivity index (χ0) is 16.2. The SMILES string of the molecule is CC(=O)C(N=Nc1ccc(OC(C)(F)F)cc1F)=C(C)O. The summed E-state index contributed by atoms with van der Waals surface area (Å²) >= 11 is 0. The van der Waals surface area contributed by atoms with E-state index in [1.165, 1.54) is 6.92 Å². The quantitative estimate of drug-likeness (QED) is 0.501. The Kier molecular flexibility index (Phi) is 5.07. The second kappa shape index (κ2) is 6.38. The molecule has 114 valence electrons. The standard InChI is InChI=1S/C13H13F3N2O3/c1-7(19)12(8(2)20)18-17-11-5-4-9(6-10(11)14)21-13(3,15)16/h4-6,19H,1-3H3. The summed E-state index contributed by atoms with van der Waals surface area (Å²) in [6.07, 6.45) is -3.44. The van der Waals surface area contributed by atoms with Crippen molar-refractivity contribution in [2.45, 2.75) is 26.9 Å². The Morgan fingerprint density at radius 3 is 2.38 bits per heavy atom. The van der Waals surface area contributed by atoms with E-state index >= 15 is 0 Å². The van der Waals surface area contributed by atoms with Crippen molar-refractivity contribution in [1.29, 1.82) is 0 Å². The summed E-state index contributed by atoms with van der Waals surface area (Å²) in [5, 5.41) is 16.1. The summed E-state index contributed by atoms with van der Waals surface area (Å²) in [4.78, 5) is 11.1. The van der Waals surface area contributed by atoms with Crippen LogP contribution in [0, 0.1) is 5.82 Å². The van der Waals surface area contributed by atoms with Crippen LogP contribution in [0.15, 0.2) is 39.9 Å². The highest BCUT2D eigenvalue weighted by atomic mass is 19.3. The number of aliphatic hydroxyl groups is 1. The largest absolute Gasteiger partial charge is 0.510 e. The highest BCUT2D eigenvalue weighted by Gasteiger charge is 2.23. The molecule has 0 aliphatic heterocycles. The fourth-order valence-corrected chi connectivity index (χ4v) is 1.34. The molecule has 21 heavy (non-hydrogen) atoms. The van der Waals surface area contributed by atoms with Crippen molar-refractivity contribution in [2.24, 2.45) is 10.2 Å². The number of carbonyl (C=O) groups is 1. The lowest BCUT2D eigenvalue weighted by atomic mass is 10.3. The van der Waals surface area contributed by atoms with Crippen LogP contribution in [0.5, 0.6) is 5.75 Å². The van der Waals surface area contributed by atoms with Gasteiger partial charge in [0.05, 0.1) is 0 Å². The van der Waals surface area contributed by atoms with E-state index < -0.39 is 17.7 Å². The molecule has 0 saturated carbocycles. The van der Waals surface area contributed by atoms with Gasteiger partial charge in [0, 0.05) is 19.9 Å². The number of azo groups is 1. The number of ether oxygens (including phenoxy) is 1. The molecule has 0 heterocycles. The van der Waals surface area contributed by atoms with Crippen LogP contribution in [0.2, 0.25) is 0 Å². The van der Waals surface area contributed by atoms with Gasteiger partial charge in [-0.25, -0.2) is 4.39 Å². The number of allylic oxidation sites excluding steroid dienone is 2. The minimum atomic E-state index is -3.44. The summed E-state index contributed by atoms with van der Waals surface area (Å²) in [6, 6.07) is 2.86. The van der Waals surface area contributed by atoms with E-state index in [0.717, 1.165) is 19.1 Å². The number of alkyl halides is 2. The number of Topliss-reactive ketones (excluding diaryl/α,β-unsaturated/α-hetero) is 1. The number of ketones is 1. The topological polar surface area (TPSA) is 71.2 Å². The monoisotopic (exact) mass is 302 g/mol. The molecule has 0 spiro atoms. The minimum absolute atomic E-state index is 0.290. The van der Waals surface area contributed by atoms with Gasteiger partial charge in [-0.1, -0.05) is 0 Å². The molecule has 0 atom stereocenters. The van der Waals surface area contributed by atoms with Crippen LogP contribution in [-0.4, -0.2) is 17.0 Å². The highest BCUT2D eigenvalue weighted by Crippen LogP contribution is 2.27. The first-order chi connectivity index (χ1) is 9.60. The molecule has 1 aromatic carbocycles. The van der Waals surface area contributed by atoms with Gasteiger partial charge in [-0.2, -0.15) is 8.78 Å². The fourth-order valence-electron chi connectivity index (χ4n) is 1.34. The van der Waals surface area contributed by atoms with Crippen molar-refractivity contribution in [3.05, 3.63) is 35.5 Å². The molecule has 1 N–H and O–H groups in total. The van der Waals surface area contributed by atoms with Crippen LogP contribution in [0.3, 0.4) is 0 Å². The average Bonchev–Trinajstić information content (AvgIpc) is 2.28. The molecule has 0 radical (unpaired) electrons. The number of rotatable bonds is 5. The molecule has 0 amide bonds. The van der Waals surface area contributed by atoms with Gasteiger partial charge in [0.25, 0.3) is 0 Å². The molecule has 0 fully saturated rings. The first kappa shape index (κ1) is 16.7. The number of nitrogens with zero attached hydrogens (tertiary/aromatic N) is 2. The zero-order valence-corrected chi connectivity index (χ0v) is 11.5. The molecule has 0 aromatic heterocycles. The third kappa shape index (κ3) is 5.25. The van der Waals surface area contributed by atoms with Crippen molar-refractivity contribution in [2.75, 3.05) is 0 Å². The maximum Gasteiger partial charge on any atom is 0.394 e. The van der Waals surface area contributed by atoms with E-state index in [1.807, 2.05) is 0 Å². The van der Waals surface area contributed by atoms with Crippen molar-refractivity contribution in [3.8, 4) is 5.75 Å². The van der Waals surface area contributed by atoms with Gasteiger partial charge in [0.1, 0.15) is 17.2 Å². The number of aliphatic hydroxyl groups excluding tert-OH is 1. The zero-order valence-electron chi connectivity index (χ0n) is 11.5. The van der Waals surface area contributed by atoms with Gasteiger partial charge in [-0.3, -0.25) is 4.79 Å². The second-order valence-corrected chi connectivity index (χ2v) is 4.21. The number of carbonyl (C=O) groups excluding carboxylic acids is 1. The first-order valence-corrected chi connectivity index (χ1v) is 5.79. The summed E-state index contributed by atoms with van der Waals surface area (Å²) in [7, 11) is 0. The minimum Gasteiger partial charge on any atom is -0.510 e. The van der Waals surface area contributed by atoms with Crippen LogP contribution in [0.25, 0.3) is 0 Å². The van der Waals surface area contributed by atoms with Crippen LogP contribution in [-0.2, 0) is 4.79 Å². The lowest BCUT2D eigenvalue weighted by Crippen LogP contribution is -2.19. The maximum absolute atomic E-state index is 13.6. The number of benzene rings is 1. The van der Waals surface area contributed by atoms with Gasteiger partial charge in [-0.05, 0) is 19.1 Å². The predicted octanol–water partition coefficient (Wildman–Crippen LogP) is 4.28. The fraction of sp³-hybridized carbons (Fsp3) is 0.308. The summed E-state index contributed by atoms with van der Waals surface area (Å²) in [5.74, 6) is -2.25. The predicted molar refractivity (Wildman–Crippen MR) is 68.2 cm³/mol. The average molecular weight is 302 g/mol. The Bertz CT molecular complexity index is 603. The molecular formula is C13H13F3N2O3. The van der Waals surface area contributed by atoms with E-state index in [-0.39, 0.29) is 22.9 Å². The normalized spacial score (nSPS) is 13.2. The smallest absolute Gasteiger partial charge is 0.394 e. The van der Waals surface area contributed by atoms with Crippen molar-refractivity contribution in [1.82, 2.24) is 0 Å². The van der Waals surface area contributed by atoms with Crippen LogP contribution < -0.4 is 4.74 Å². The third-order valence-corrected chi connectivity index (χ3v) is 2.15. The molecular weight excluding hydrogens is 289 g/mol. The Morgan fingerprint density at radius 2 is 1.95 bits per heavy atom. The van der Waals surface area contributed by atoms with Crippen molar-refractivity contribution in [3.63, 3.8) is 0 Å². The summed E-state index contributed by atoms with van der Waals surface area (Å²) in [6.45, 7) is 2.91. The lowest BCUT2D eigenvalue weighted by molar-refractivity contribution is -0.159. The van der Waals surface area contributed by atoms with Gasteiger partial charge in [0.2, 0.25) is 0 Å². The highest BCUT2D eigenvalue weighted by molar-refractivity contribution is 5.93. The lowest BCUT2D eigenvalue weighted by Gasteiger charge is -2.12. The molecule has 0 saturated heterocycles. The van der Waals surface area contributed by atoms with Gasteiger partial charge >= 0.3 is 6.11 Å². The van der Waals surface area contributed by atoms with Gasteiger partial charge in [-0.15, -0.1) is 10.2 Å². The third-order valence-electron chi connectivity index (χ3n) is 2.15. The van der Waals surface area contributed by atoms with E-state index in [0.29, 0.717) is 13.0 Å². The van der Waals surface area contributed by atoms with E-state index in [2.05, 4.69) is 15.0 Å². The number of halogens is 3. The molecule has 1 aromatic rings. The Hall–Kier alpha value is -2.38. The van der Waals surface area contributed by atoms with Crippen LogP contribution in [0.1, 0.15) is 20.8 Å². The molecule has 8 heteroatoms. The number of hydrogen-bond donors (Lipinski definition) is 1. The van der Waals surface area contributed by atoms with Crippen molar-refractivity contribution >= 4 is 11.5 Å².